The second-order valence-corrected chi connectivity index (χ2v) is 6.46. The average molecular weight is 335 g/mol. The number of aromatic nitrogens is 1. The average Bonchev–Trinajstić information content (AvgIpc) is 2.58. The fourth-order valence-corrected chi connectivity index (χ4v) is 3.56. The minimum Gasteiger partial charge on any atom is -0.496 e. The lowest BCUT2D eigenvalue weighted by molar-refractivity contribution is 0.338. The molecule has 3 aromatic rings. The summed E-state index contributed by atoms with van der Waals surface area (Å²) >= 11 is 0. The van der Waals surface area contributed by atoms with E-state index in [0.29, 0.717) is 6.61 Å². The van der Waals surface area contributed by atoms with Crippen molar-refractivity contribution in [3.8, 4) is 11.5 Å². The number of hydrogen-bond donors (Lipinski definition) is 0. The van der Waals surface area contributed by atoms with Crippen LogP contribution in [0.2, 0.25) is 0 Å². The highest BCUT2D eigenvalue weighted by Crippen LogP contribution is 2.31. The van der Waals surface area contributed by atoms with Crippen LogP contribution in [0.5, 0.6) is 11.5 Å². The number of methoxy groups -OCH3 is 1. The van der Waals surface area contributed by atoms with Crippen LogP contribution in [0.25, 0.3) is 10.8 Å². The molecule has 0 bridgehead atoms. The van der Waals surface area contributed by atoms with E-state index < -0.39 is 0 Å². The number of nitrogens with zero attached hydrogens (tertiary/aromatic N) is 1. The van der Waals surface area contributed by atoms with Crippen LogP contribution in [0.1, 0.15) is 34.7 Å². The fraction of sp³-hybridized carbons (Fsp3) is 0.318. The highest BCUT2D eigenvalue weighted by Gasteiger charge is 2.11. The Morgan fingerprint density at radius 2 is 1.68 bits per heavy atom. The predicted molar refractivity (Wildman–Crippen MR) is 103 cm³/mol. The molecule has 0 unspecified atom stereocenters. The second-order valence-electron chi connectivity index (χ2n) is 6.46. The molecule has 0 radical (unpaired) electrons. The maximum absolute atomic E-state index is 5.72. The van der Waals surface area contributed by atoms with Crippen LogP contribution in [0.3, 0.4) is 0 Å². The standard InChI is InChI=1S/C22H25NO2/c1-6-25-21-8-7-19-18(12-23-13-20(19)16(21)4)11-17-9-14(2)22(24-5)15(3)10-17/h7-10,12-13H,6,11H2,1-5H3. The number of hydrogen-bond acceptors (Lipinski definition) is 3. The fourth-order valence-electron chi connectivity index (χ4n) is 3.56. The molecule has 0 atom stereocenters. The molecule has 1 aromatic heterocycles. The molecule has 0 fully saturated rings. The SMILES string of the molecule is CCOc1ccc2c(Cc3cc(C)c(OC)c(C)c3)cncc2c1C. The molecule has 25 heavy (non-hydrogen) atoms. The molecule has 3 heteroatoms. The molecule has 0 spiro atoms. The molecule has 0 saturated carbocycles. The molecule has 0 aliphatic rings. The first-order valence-corrected chi connectivity index (χ1v) is 8.68. The smallest absolute Gasteiger partial charge is 0.124 e. The van der Waals surface area contributed by atoms with Crippen molar-refractivity contribution >= 4 is 10.8 Å². The van der Waals surface area contributed by atoms with Crippen LogP contribution in [0, 0.1) is 20.8 Å². The van der Waals surface area contributed by atoms with E-state index in [1.807, 2.05) is 19.3 Å². The molecular weight excluding hydrogens is 310 g/mol. The van der Waals surface area contributed by atoms with Crippen LogP contribution >= 0.6 is 0 Å². The zero-order valence-electron chi connectivity index (χ0n) is 15.6. The normalized spacial score (nSPS) is 10.9. The Kier molecular flexibility index (Phi) is 4.93. The number of fused-ring (bicyclic) bond motifs is 1. The van der Waals surface area contributed by atoms with E-state index in [-0.39, 0.29) is 0 Å². The van der Waals surface area contributed by atoms with Gasteiger partial charge in [-0.05, 0) is 67.8 Å². The van der Waals surface area contributed by atoms with Crippen molar-refractivity contribution in [2.45, 2.75) is 34.1 Å². The van der Waals surface area contributed by atoms with Gasteiger partial charge >= 0.3 is 0 Å². The summed E-state index contributed by atoms with van der Waals surface area (Å²) in [5.41, 5.74) is 5.99. The van der Waals surface area contributed by atoms with E-state index in [1.165, 1.54) is 27.6 Å². The van der Waals surface area contributed by atoms with Crippen molar-refractivity contribution in [3.05, 3.63) is 64.5 Å². The van der Waals surface area contributed by atoms with Crippen LogP contribution < -0.4 is 9.47 Å². The lowest BCUT2D eigenvalue weighted by Gasteiger charge is -2.14. The van der Waals surface area contributed by atoms with Crippen molar-refractivity contribution in [3.63, 3.8) is 0 Å². The van der Waals surface area contributed by atoms with Gasteiger partial charge in [-0.2, -0.15) is 0 Å². The van der Waals surface area contributed by atoms with E-state index in [0.717, 1.165) is 28.9 Å². The molecule has 3 nitrogen and oxygen atoms in total. The number of pyridine rings is 1. The van der Waals surface area contributed by atoms with Crippen molar-refractivity contribution < 1.29 is 9.47 Å². The van der Waals surface area contributed by atoms with Gasteiger partial charge in [-0.3, -0.25) is 4.98 Å². The van der Waals surface area contributed by atoms with Gasteiger partial charge in [0, 0.05) is 23.3 Å². The van der Waals surface area contributed by atoms with Crippen molar-refractivity contribution in [2.75, 3.05) is 13.7 Å². The zero-order valence-corrected chi connectivity index (χ0v) is 15.6. The van der Waals surface area contributed by atoms with E-state index in [1.54, 1.807) is 7.11 Å². The topological polar surface area (TPSA) is 31.4 Å². The third-order valence-corrected chi connectivity index (χ3v) is 4.66. The Morgan fingerprint density at radius 3 is 2.32 bits per heavy atom. The number of aryl methyl sites for hydroxylation is 3. The molecule has 2 aromatic carbocycles. The Morgan fingerprint density at radius 1 is 0.960 bits per heavy atom. The van der Waals surface area contributed by atoms with Crippen molar-refractivity contribution in [1.82, 2.24) is 4.98 Å². The van der Waals surface area contributed by atoms with Gasteiger partial charge in [-0.1, -0.05) is 18.2 Å². The molecule has 1 heterocycles. The third-order valence-electron chi connectivity index (χ3n) is 4.66. The Labute approximate surface area is 149 Å². The number of benzene rings is 2. The first kappa shape index (κ1) is 17.3. The molecule has 130 valence electrons. The highest BCUT2D eigenvalue weighted by atomic mass is 16.5. The Hall–Kier alpha value is -2.55. The van der Waals surface area contributed by atoms with Gasteiger partial charge in [0.25, 0.3) is 0 Å². The molecule has 0 saturated heterocycles. The summed E-state index contributed by atoms with van der Waals surface area (Å²) in [6.45, 7) is 8.96. The van der Waals surface area contributed by atoms with Gasteiger partial charge in [-0.25, -0.2) is 0 Å². The number of rotatable bonds is 5. The largest absolute Gasteiger partial charge is 0.496 e. The van der Waals surface area contributed by atoms with Gasteiger partial charge in [0.1, 0.15) is 11.5 Å². The summed E-state index contributed by atoms with van der Waals surface area (Å²) in [5.74, 6) is 1.90. The molecule has 0 amide bonds. The second kappa shape index (κ2) is 7.14. The summed E-state index contributed by atoms with van der Waals surface area (Å²) in [7, 11) is 1.72. The Balaban J connectivity index is 2.04. The Bertz CT molecular complexity index is 892. The van der Waals surface area contributed by atoms with Gasteiger partial charge in [0.15, 0.2) is 0 Å². The van der Waals surface area contributed by atoms with Gasteiger partial charge in [-0.15, -0.1) is 0 Å². The van der Waals surface area contributed by atoms with E-state index >= 15 is 0 Å². The molecule has 0 N–H and O–H groups in total. The van der Waals surface area contributed by atoms with Gasteiger partial charge in [0.05, 0.1) is 13.7 Å². The predicted octanol–water partition coefficient (Wildman–Crippen LogP) is 5.16. The lowest BCUT2D eigenvalue weighted by atomic mass is 9.96. The first-order chi connectivity index (χ1) is 12.0. The first-order valence-electron chi connectivity index (χ1n) is 8.68. The van der Waals surface area contributed by atoms with Crippen molar-refractivity contribution in [2.24, 2.45) is 0 Å². The molecule has 0 aliphatic carbocycles. The lowest BCUT2D eigenvalue weighted by Crippen LogP contribution is -1.98. The van der Waals surface area contributed by atoms with Gasteiger partial charge in [0.2, 0.25) is 0 Å². The van der Waals surface area contributed by atoms with Crippen LogP contribution in [0.15, 0.2) is 36.7 Å². The minimum absolute atomic E-state index is 0.671. The molecule has 3 rings (SSSR count). The summed E-state index contributed by atoms with van der Waals surface area (Å²) in [6, 6.07) is 8.61. The van der Waals surface area contributed by atoms with Gasteiger partial charge < -0.3 is 9.47 Å². The maximum Gasteiger partial charge on any atom is 0.124 e. The van der Waals surface area contributed by atoms with E-state index in [9.17, 15) is 0 Å². The van der Waals surface area contributed by atoms with Crippen LogP contribution in [-0.4, -0.2) is 18.7 Å². The van der Waals surface area contributed by atoms with E-state index in [4.69, 9.17) is 9.47 Å². The summed E-state index contributed by atoms with van der Waals surface area (Å²) in [5, 5.41) is 2.40. The summed E-state index contributed by atoms with van der Waals surface area (Å²) < 4.78 is 11.2. The van der Waals surface area contributed by atoms with E-state index in [2.05, 4.69) is 50.0 Å². The molecule has 0 aliphatic heterocycles. The monoisotopic (exact) mass is 335 g/mol. The zero-order chi connectivity index (χ0) is 18.0. The number of ether oxygens (including phenoxy) is 2. The molecular formula is C22H25NO2. The summed E-state index contributed by atoms with van der Waals surface area (Å²) in [6.07, 6.45) is 4.75. The van der Waals surface area contributed by atoms with Crippen LogP contribution in [0.4, 0.5) is 0 Å². The third kappa shape index (κ3) is 3.32. The maximum atomic E-state index is 5.72. The minimum atomic E-state index is 0.671. The summed E-state index contributed by atoms with van der Waals surface area (Å²) in [4.78, 5) is 4.47. The highest BCUT2D eigenvalue weighted by molar-refractivity contribution is 5.89. The quantitative estimate of drug-likeness (QED) is 0.645. The van der Waals surface area contributed by atoms with Crippen molar-refractivity contribution in [1.29, 1.82) is 0 Å². The van der Waals surface area contributed by atoms with Crippen LogP contribution in [-0.2, 0) is 6.42 Å².